The van der Waals surface area contributed by atoms with Crippen LogP contribution in [0.1, 0.15) is 6.92 Å². The second-order valence-corrected chi connectivity index (χ2v) is 3.90. The molecule has 0 aromatic rings. The molecule has 6 heteroatoms. The molecule has 0 bridgehead atoms. The zero-order valence-electron chi connectivity index (χ0n) is 7.98. The highest BCUT2D eigenvalue weighted by molar-refractivity contribution is 6.36. The number of ether oxygens (including phenoxy) is 1. The average Bonchev–Trinajstić information content (AvgIpc) is 2.11. The van der Waals surface area contributed by atoms with Crippen molar-refractivity contribution in [1.29, 1.82) is 0 Å². The van der Waals surface area contributed by atoms with Gasteiger partial charge in [-0.2, -0.15) is 0 Å². The zero-order valence-corrected chi connectivity index (χ0v) is 9.14. The van der Waals surface area contributed by atoms with Gasteiger partial charge in [-0.3, -0.25) is 4.79 Å². The van der Waals surface area contributed by atoms with Crippen LogP contribution in [0.3, 0.4) is 0 Å². The van der Waals surface area contributed by atoms with Crippen LogP contribution in [0.2, 0.25) is 0 Å². The van der Waals surface area contributed by atoms with Crippen LogP contribution in [0, 0.1) is 0 Å². The van der Waals surface area contributed by atoms with E-state index in [1.54, 1.807) is 0 Å². The quantitative estimate of drug-likeness (QED) is 0.267. The Morgan fingerprint density at radius 3 is 2.31 bits per heavy atom. The standard InChI is InChI=1S/C7H14O5Si/c1-5-7(11-6(2)8)12-13(9-3)10-4/h5,7,13H,1H2,2-4H3. The van der Waals surface area contributed by atoms with Gasteiger partial charge in [0.1, 0.15) is 0 Å². The minimum absolute atomic E-state index is 0.440. The van der Waals surface area contributed by atoms with Gasteiger partial charge in [-0.1, -0.05) is 6.58 Å². The number of hydrogen-bond acceptors (Lipinski definition) is 5. The lowest BCUT2D eigenvalue weighted by Crippen LogP contribution is -2.31. The van der Waals surface area contributed by atoms with E-state index in [1.165, 1.54) is 27.2 Å². The van der Waals surface area contributed by atoms with Gasteiger partial charge in [-0.05, 0) is 6.08 Å². The summed E-state index contributed by atoms with van der Waals surface area (Å²) in [6, 6.07) is 0. The van der Waals surface area contributed by atoms with Crippen LogP contribution in [0.5, 0.6) is 0 Å². The van der Waals surface area contributed by atoms with Crippen molar-refractivity contribution in [1.82, 2.24) is 0 Å². The molecule has 0 amide bonds. The van der Waals surface area contributed by atoms with E-state index in [0.29, 0.717) is 0 Å². The van der Waals surface area contributed by atoms with E-state index in [9.17, 15) is 4.79 Å². The van der Waals surface area contributed by atoms with Crippen molar-refractivity contribution in [2.24, 2.45) is 0 Å². The van der Waals surface area contributed by atoms with Gasteiger partial charge in [0.25, 0.3) is 0 Å². The average molecular weight is 206 g/mol. The summed E-state index contributed by atoms with van der Waals surface area (Å²) in [5.41, 5.74) is 0. The first-order valence-electron chi connectivity index (χ1n) is 3.64. The van der Waals surface area contributed by atoms with E-state index in [-0.39, 0.29) is 0 Å². The molecule has 0 radical (unpaired) electrons. The minimum atomic E-state index is -2.17. The smallest absolute Gasteiger partial charge is 0.433 e. The summed E-state index contributed by atoms with van der Waals surface area (Å²) in [5.74, 6) is -0.440. The Bertz CT molecular complexity index is 168. The lowest BCUT2D eigenvalue weighted by molar-refractivity contribution is -0.158. The van der Waals surface area contributed by atoms with Gasteiger partial charge >= 0.3 is 15.5 Å². The molecule has 5 nitrogen and oxygen atoms in total. The van der Waals surface area contributed by atoms with Crippen molar-refractivity contribution in [2.45, 2.75) is 13.2 Å². The highest BCUT2D eigenvalue weighted by Gasteiger charge is 2.18. The van der Waals surface area contributed by atoms with E-state index in [2.05, 4.69) is 6.58 Å². The summed E-state index contributed by atoms with van der Waals surface area (Å²) < 4.78 is 19.6. The Balaban J connectivity index is 3.94. The summed E-state index contributed by atoms with van der Waals surface area (Å²) in [4.78, 5) is 10.6. The largest absolute Gasteiger partial charge is 0.486 e. The molecule has 0 N–H and O–H groups in total. The lowest BCUT2D eigenvalue weighted by atomic mass is 10.6. The fraction of sp³-hybridized carbons (Fsp3) is 0.571. The molecule has 1 atom stereocenters. The molecule has 0 spiro atoms. The van der Waals surface area contributed by atoms with Crippen LogP contribution in [-0.2, 0) is 22.8 Å². The number of carbonyl (C=O) groups is 1. The third-order valence-electron chi connectivity index (χ3n) is 1.10. The van der Waals surface area contributed by atoms with Crippen LogP contribution in [0.15, 0.2) is 12.7 Å². The maximum Gasteiger partial charge on any atom is 0.486 e. The third kappa shape index (κ3) is 5.53. The number of esters is 1. The van der Waals surface area contributed by atoms with Crippen LogP contribution in [-0.4, -0.2) is 36.0 Å². The van der Waals surface area contributed by atoms with Crippen molar-refractivity contribution in [2.75, 3.05) is 14.2 Å². The van der Waals surface area contributed by atoms with E-state index < -0.39 is 21.8 Å². The Kier molecular flexibility index (Phi) is 6.42. The summed E-state index contributed by atoms with van der Waals surface area (Å²) in [6.45, 7) is 4.73. The fourth-order valence-corrected chi connectivity index (χ4v) is 1.41. The Morgan fingerprint density at radius 1 is 1.46 bits per heavy atom. The van der Waals surface area contributed by atoms with E-state index in [0.717, 1.165) is 0 Å². The summed E-state index contributed by atoms with van der Waals surface area (Å²) >= 11 is 0. The molecule has 0 aliphatic heterocycles. The molecule has 1 unspecified atom stereocenters. The molecular weight excluding hydrogens is 192 g/mol. The summed E-state index contributed by atoms with van der Waals surface area (Å²) in [6.07, 6.45) is 0.563. The molecule has 0 saturated heterocycles. The van der Waals surface area contributed by atoms with Gasteiger partial charge in [0.05, 0.1) is 0 Å². The van der Waals surface area contributed by atoms with Crippen LogP contribution < -0.4 is 0 Å². The Hall–Kier alpha value is -0.693. The number of rotatable bonds is 6. The van der Waals surface area contributed by atoms with Gasteiger partial charge in [0.2, 0.25) is 6.29 Å². The Morgan fingerprint density at radius 2 is 2.00 bits per heavy atom. The van der Waals surface area contributed by atoms with E-state index >= 15 is 0 Å². The van der Waals surface area contributed by atoms with Crippen molar-refractivity contribution in [3.8, 4) is 0 Å². The monoisotopic (exact) mass is 206 g/mol. The van der Waals surface area contributed by atoms with Crippen LogP contribution in [0.4, 0.5) is 0 Å². The third-order valence-corrected chi connectivity index (χ3v) is 2.36. The SMILES string of the molecule is C=CC(OC(C)=O)O[SiH](OC)OC. The van der Waals surface area contributed by atoms with Crippen molar-refractivity contribution in [3.05, 3.63) is 12.7 Å². The zero-order chi connectivity index (χ0) is 10.3. The van der Waals surface area contributed by atoms with Crippen LogP contribution >= 0.6 is 0 Å². The van der Waals surface area contributed by atoms with Crippen molar-refractivity contribution >= 4 is 15.5 Å². The molecular formula is C7H14O5Si. The normalized spacial score (nSPS) is 12.6. The fourth-order valence-electron chi connectivity index (χ4n) is 0.612. The predicted octanol–water partition coefficient (Wildman–Crippen LogP) is 0.0882. The van der Waals surface area contributed by atoms with Gasteiger partial charge in [-0.15, -0.1) is 0 Å². The van der Waals surface area contributed by atoms with Crippen LogP contribution in [0.25, 0.3) is 0 Å². The number of carbonyl (C=O) groups excluding carboxylic acids is 1. The summed E-state index contributed by atoms with van der Waals surface area (Å²) in [7, 11) is 0.758. The van der Waals surface area contributed by atoms with Gasteiger partial charge < -0.3 is 18.0 Å². The van der Waals surface area contributed by atoms with E-state index in [1.807, 2.05) is 0 Å². The maximum atomic E-state index is 10.6. The van der Waals surface area contributed by atoms with Crippen molar-refractivity contribution in [3.63, 3.8) is 0 Å². The second kappa shape index (κ2) is 6.78. The molecule has 0 aliphatic rings. The topological polar surface area (TPSA) is 54.0 Å². The first-order chi connectivity index (χ1) is 6.13. The minimum Gasteiger partial charge on any atom is -0.433 e. The van der Waals surface area contributed by atoms with Gasteiger partial charge in [0.15, 0.2) is 0 Å². The molecule has 76 valence electrons. The van der Waals surface area contributed by atoms with Gasteiger partial charge in [-0.25, -0.2) is 0 Å². The predicted molar refractivity (Wildman–Crippen MR) is 48.0 cm³/mol. The van der Waals surface area contributed by atoms with Crippen molar-refractivity contribution < 1.29 is 22.8 Å². The summed E-state index contributed by atoms with van der Waals surface area (Å²) in [5, 5.41) is 0. The molecule has 0 rings (SSSR count). The molecule has 0 heterocycles. The first kappa shape index (κ1) is 12.3. The highest BCUT2D eigenvalue weighted by atomic mass is 28.3. The molecule has 13 heavy (non-hydrogen) atoms. The number of hydrogen-bond donors (Lipinski definition) is 0. The first-order valence-corrected chi connectivity index (χ1v) is 5.06. The second-order valence-electron chi connectivity index (χ2n) is 2.11. The highest BCUT2D eigenvalue weighted by Crippen LogP contribution is 2.00. The lowest BCUT2D eigenvalue weighted by Gasteiger charge is -2.17. The maximum absolute atomic E-state index is 10.6. The van der Waals surface area contributed by atoms with Gasteiger partial charge in [0, 0.05) is 21.1 Å². The Labute approximate surface area is 79.2 Å². The molecule has 0 fully saturated rings. The van der Waals surface area contributed by atoms with E-state index in [4.69, 9.17) is 18.0 Å². The molecule has 0 aromatic carbocycles. The molecule has 0 aromatic heterocycles. The molecule has 0 saturated carbocycles. The molecule has 0 aliphatic carbocycles.